The summed E-state index contributed by atoms with van der Waals surface area (Å²) in [6.45, 7) is -0.579. The standard InChI is InChI=1S/C45H45N3O12/c49-22-36-39(53)40(54)41(55)45(58,60-36)59-35-20-32-29(19-34(35)51)38-31(43-15-4-3-6-27(43)11-10-25-5-1-2-7-30(25)43)14-16-44(38,42(56)57)48(32)37(52)13-9-24-8-12-33(50)26(17-24)18-28-21-46-23-47-28/h1-2,5,7-14,16-17,19-21,27,31,36,38-41,49-51,53-55,58H,3-4,6,15,18,22-23H2,(H,56,57). The molecule has 3 heterocycles. The maximum atomic E-state index is 14.8. The maximum absolute atomic E-state index is 14.8. The van der Waals surface area contributed by atoms with Crippen LogP contribution >= 0.6 is 0 Å². The predicted molar refractivity (Wildman–Crippen MR) is 218 cm³/mol. The highest BCUT2D eigenvalue weighted by molar-refractivity contribution is 6.32. The largest absolute Gasteiger partial charge is 0.508 e. The van der Waals surface area contributed by atoms with Gasteiger partial charge in [0.2, 0.25) is 0 Å². The van der Waals surface area contributed by atoms with Crippen LogP contribution in [0.1, 0.15) is 59.4 Å². The first-order chi connectivity index (χ1) is 28.8. The summed E-state index contributed by atoms with van der Waals surface area (Å²) in [6.07, 6.45) is 8.13. The smallest absolute Gasteiger partial charge is 0.355 e. The highest BCUT2D eigenvalue weighted by Crippen LogP contribution is 2.66. The van der Waals surface area contributed by atoms with E-state index in [1.165, 1.54) is 30.4 Å². The summed E-state index contributed by atoms with van der Waals surface area (Å²) in [5.74, 6) is -7.73. The Morgan fingerprint density at radius 1 is 1.00 bits per heavy atom. The molecule has 8 N–H and O–H groups in total. The number of amides is 1. The molecule has 1 saturated carbocycles. The summed E-state index contributed by atoms with van der Waals surface area (Å²) in [7, 11) is 0. The minimum atomic E-state index is -3.12. The average Bonchev–Trinajstić information content (AvgIpc) is 3.98. The second-order valence-electron chi connectivity index (χ2n) is 16.4. The van der Waals surface area contributed by atoms with E-state index in [4.69, 9.17) is 9.47 Å². The summed E-state index contributed by atoms with van der Waals surface area (Å²) in [5, 5.41) is 86.5. The van der Waals surface area contributed by atoms with Gasteiger partial charge in [-0.3, -0.25) is 19.7 Å². The van der Waals surface area contributed by atoms with Crippen LogP contribution in [0.3, 0.4) is 0 Å². The summed E-state index contributed by atoms with van der Waals surface area (Å²) < 4.78 is 11.0. The molecule has 15 nitrogen and oxygen atoms in total. The van der Waals surface area contributed by atoms with Gasteiger partial charge in [-0.1, -0.05) is 67.5 Å². The van der Waals surface area contributed by atoms with E-state index in [9.17, 15) is 50.4 Å². The highest BCUT2D eigenvalue weighted by Gasteiger charge is 2.67. The molecular weight excluding hydrogens is 775 g/mol. The van der Waals surface area contributed by atoms with Gasteiger partial charge in [0.1, 0.15) is 30.7 Å². The van der Waals surface area contributed by atoms with Crippen molar-refractivity contribution in [1.29, 1.82) is 0 Å². The number of ether oxygens (including phenoxy) is 2. The van der Waals surface area contributed by atoms with Crippen molar-refractivity contribution in [1.82, 2.24) is 0 Å². The zero-order valence-corrected chi connectivity index (χ0v) is 32.3. The Balaban J connectivity index is 1.17. The van der Waals surface area contributed by atoms with Crippen LogP contribution in [0, 0.1) is 11.8 Å². The van der Waals surface area contributed by atoms with Crippen molar-refractivity contribution in [3.63, 3.8) is 0 Å². The number of hydrogen-bond donors (Lipinski definition) is 8. The number of anilines is 1. The van der Waals surface area contributed by atoms with Crippen LogP contribution in [0.25, 0.3) is 12.2 Å². The summed E-state index contributed by atoms with van der Waals surface area (Å²) in [6, 6.07) is 15.3. The van der Waals surface area contributed by atoms with Crippen LogP contribution in [-0.4, -0.2) is 114 Å². The second kappa shape index (κ2) is 14.8. The van der Waals surface area contributed by atoms with Crippen LogP contribution in [0.15, 0.2) is 88.9 Å². The predicted octanol–water partition coefficient (Wildman–Crippen LogP) is 2.93. The molecule has 2 fully saturated rings. The number of phenolic OH excluding ortho intramolecular Hbond substituents is 2. The van der Waals surface area contributed by atoms with Gasteiger partial charge in [-0.25, -0.2) is 4.79 Å². The Kier molecular flexibility index (Phi) is 9.81. The fraction of sp³-hybridized carbons (Fsp3) is 0.378. The van der Waals surface area contributed by atoms with Gasteiger partial charge in [-0.15, -0.1) is 0 Å². The van der Waals surface area contributed by atoms with Crippen LogP contribution in [0.4, 0.5) is 5.69 Å². The molecule has 3 aliphatic carbocycles. The Morgan fingerprint density at radius 2 is 1.82 bits per heavy atom. The number of carbonyl (C=O) groups is 2. The lowest BCUT2D eigenvalue weighted by Crippen LogP contribution is -2.67. The third-order valence-corrected chi connectivity index (χ3v) is 13.3. The van der Waals surface area contributed by atoms with E-state index in [1.54, 1.807) is 24.4 Å². The maximum Gasteiger partial charge on any atom is 0.355 e. The number of rotatable bonds is 9. The zero-order chi connectivity index (χ0) is 42.1. The minimum absolute atomic E-state index is 0.0256. The van der Waals surface area contributed by atoms with Gasteiger partial charge in [-0.2, -0.15) is 0 Å². The SMILES string of the molecule is O=C(C=Cc1ccc(O)c(CC2=NCN=C2)c1)N1c2cc(OC3(O)OC(CO)C(O)C(O)C3O)c(O)cc2C2C(C34CCCCC3C=Cc3ccccc34)C=CC21C(=O)O. The van der Waals surface area contributed by atoms with Crippen molar-refractivity contribution in [2.24, 2.45) is 21.8 Å². The summed E-state index contributed by atoms with van der Waals surface area (Å²) >= 11 is 0. The molecule has 312 valence electrons. The molecule has 3 aromatic rings. The van der Waals surface area contributed by atoms with Crippen molar-refractivity contribution in [2.75, 3.05) is 18.2 Å². The number of aliphatic imine (C=N–C) groups is 2. The lowest BCUT2D eigenvalue weighted by molar-refractivity contribution is -0.422. The Morgan fingerprint density at radius 3 is 2.58 bits per heavy atom. The number of aliphatic hydroxyl groups is 5. The number of carboxylic acids is 1. The van der Waals surface area contributed by atoms with Crippen LogP contribution < -0.4 is 9.64 Å². The minimum Gasteiger partial charge on any atom is -0.508 e. The van der Waals surface area contributed by atoms with Gasteiger partial charge >= 0.3 is 11.9 Å². The molecule has 0 radical (unpaired) electrons. The molecule has 3 aliphatic heterocycles. The van der Waals surface area contributed by atoms with Crippen LogP contribution in [-0.2, 0) is 26.2 Å². The van der Waals surface area contributed by atoms with Gasteiger partial charge in [0.15, 0.2) is 23.1 Å². The number of fused-ring (bicyclic) bond motifs is 6. The van der Waals surface area contributed by atoms with Crippen molar-refractivity contribution >= 4 is 41.6 Å². The molecule has 9 rings (SSSR count). The van der Waals surface area contributed by atoms with E-state index in [0.717, 1.165) is 41.7 Å². The number of phenols is 2. The zero-order valence-electron chi connectivity index (χ0n) is 32.3. The number of aliphatic hydroxyl groups excluding tert-OH is 4. The van der Waals surface area contributed by atoms with Crippen LogP contribution in [0.2, 0.25) is 0 Å². The number of allylic oxidation sites excluding steroid dienone is 2. The van der Waals surface area contributed by atoms with Crippen molar-refractivity contribution < 1.29 is 59.9 Å². The monoisotopic (exact) mass is 819 g/mol. The van der Waals surface area contributed by atoms with E-state index >= 15 is 0 Å². The molecule has 1 amide bonds. The number of carboxylic acid groups (broad SMARTS) is 1. The topological polar surface area (TPSA) is 242 Å². The number of hydrogen-bond acceptors (Lipinski definition) is 13. The van der Waals surface area contributed by atoms with Gasteiger partial charge in [0.05, 0.1) is 18.0 Å². The number of aromatic hydroxyl groups is 2. The number of nitrogens with zero attached hydrogens (tertiary/aromatic N) is 3. The molecule has 1 saturated heterocycles. The van der Waals surface area contributed by atoms with Crippen molar-refractivity contribution in [2.45, 2.75) is 79.4 Å². The van der Waals surface area contributed by atoms with E-state index in [-0.39, 0.29) is 17.4 Å². The van der Waals surface area contributed by atoms with Crippen molar-refractivity contribution in [3.05, 3.63) is 107 Å². The lowest BCUT2D eigenvalue weighted by Gasteiger charge is -2.52. The molecule has 3 aromatic carbocycles. The molecule has 0 bridgehead atoms. The summed E-state index contributed by atoms with van der Waals surface area (Å²) in [5.41, 5.74) is 1.58. The first-order valence-electron chi connectivity index (χ1n) is 20.0. The molecule has 6 aliphatic rings. The van der Waals surface area contributed by atoms with Crippen LogP contribution in [0.5, 0.6) is 17.2 Å². The Hall–Kier alpha value is -5.68. The molecular formula is C45H45N3O12. The number of aliphatic carboxylic acids is 1. The molecule has 0 spiro atoms. The Bertz CT molecular complexity index is 2410. The molecule has 0 aromatic heterocycles. The summed E-state index contributed by atoms with van der Waals surface area (Å²) in [4.78, 5) is 38.4. The van der Waals surface area contributed by atoms with E-state index < -0.39 is 83.2 Å². The quantitative estimate of drug-likeness (QED) is 0.0884. The van der Waals surface area contributed by atoms with Gasteiger partial charge in [-0.05, 0) is 71.2 Å². The van der Waals surface area contributed by atoms with Crippen molar-refractivity contribution in [3.8, 4) is 17.2 Å². The van der Waals surface area contributed by atoms with E-state index in [1.807, 2.05) is 24.3 Å². The normalized spacial score (nSPS) is 33.6. The number of carbonyl (C=O) groups excluding carboxylic acids is 1. The fourth-order valence-electron chi connectivity index (χ4n) is 10.5. The fourth-order valence-corrected chi connectivity index (χ4v) is 10.5. The molecule has 15 heteroatoms. The van der Waals surface area contributed by atoms with E-state index in [0.29, 0.717) is 35.5 Å². The first kappa shape index (κ1) is 39.8. The van der Waals surface area contributed by atoms with E-state index in [2.05, 4.69) is 28.2 Å². The third-order valence-electron chi connectivity index (χ3n) is 13.3. The lowest BCUT2D eigenvalue weighted by atomic mass is 9.51. The second-order valence-corrected chi connectivity index (χ2v) is 16.4. The van der Waals surface area contributed by atoms with Gasteiger partial charge < -0.3 is 50.3 Å². The molecule has 60 heavy (non-hydrogen) atoms. The molecule has 10 unspecified atom stereocenters. The molecule has 10 atom stereocenters. The van der Waals surface area contributed by atoms with Gasteiger partial charge in [0, 0.05) is 41.7 Å². The van der Waals surface area contributed by atoms with Gasteiger partial charge in [0.25, 0.3) is 5.91 Å². The first-order valence-corrected chi connectivity index (χ1v) is 20.0. The third kappa shape index (κ3) is 6.02. The highest BCUT2D eigenvalue weighted by atomic mass is 16.8. The Labute approximate surface area is 344 Å². The number of benzene rings is 3. The average molecular weight is 820 g/mol.